The van der Waals surface area contributed by atoms with Crippen LogP contribution in [-0.2, 0) is 63.2 Å². The maximum absolute atomic E-state index is 13.5. The zero-order chi connectivity index (χ0) is 102. The van der Waals surface area contributed by atoms with Gasteiger partial charge >= 0.3 is 0 Å². The molecule has 0 unspecified atom stereocenters. The van der Waals surface area contributed by atoms with Gasteiger partial charge in [0.25, 0.3) is 47.3 Å². The van der Waals surface area contributed by atoms with Crippen LogP contribution in [0.4, 0.5) is 76.1 Å². The second-order valence-corrected chi connectivity index (χ2v) is 39.5. The molecule has 2 fully saturated rings. The highest BCUT2D eigenvalue weighted by Gasteiger charge is 2.43. The largest absolute Gasteiger partial charge is 0.489 e. The molecule has 8 amide bonds. The number of hydrogen-bond acceptors (Lipinski definition) is 24. The van der Waals surface area contributed by atoms with E-state index in [1.807, 2.05) is 237 Å². The molecule has 8 N–H and O–H groups in total. The third kappa shape index (κ3) is 24.3. The van der Waals surface area contributed by atoms with Crippen LogP contribution in [0.3, 0.4) is 0 Å². The van der Waals surface area contributed by atoms with Gasteiger partial charge in [0.2, 0.25) is 0 Å². The average molecular weight is 2050 g/mol. The Kier molecular flexibility index (Phi) is 31.2. The van der Waals surface area contributed by atoms with Crippen LogP contribution in [0.5, 0.6) is 5.75 Å². The highest BCUT2D eigenvalue weighted by atomic mass is 32.1. The minimum absolute atomic E-state index is 0.151. The molecule has 0 bridgehead atoms. The monoisotopic (exact) mass is 2050 g/mol. The van der Waals surface area contributed by atoms with Crippen LogP contribution in [0, 0.1) is 5.82 Å². The van der Waals surface area contributed by atoms with Crippen molar-refractivity contribution in [1.29, 1.82) is 0 Å². The van der Waals surface area contributed by atoms with Crippen molar-refractivity contribution < 1.29 is 52.2 Å². The zero-order valence-corrected chi connectivity index (χ0v) is 83.8. The number of halogens is 1. The van der Waals surface area contributed by atoms with Gasteiger partial charge in [0.05, 0.1) is 13.2 Å². The first-order valence-electron chi connectivity index (χ1n) is 48.6. The summed E-state index contributed by atoms with van der Waals surface area (Å²) in [6, 6.07) is 97.6. The lowest BCUT2D eigenvalue weighted by Crippen LogP contribution is -2.37. The highest BCUT2D eigenvalue weighted by molar-refractivity contribution is 7.14. The number of rotatable bonds is 30. The van der Waals surface area contributed by atoms with E-state index in [0.717, 1.165) is 123 Å². The summed E-state index contributed by atoms with van der Waals surface area (Å²) in [5.41, 5.74) is 19.3. The topological polar surface area (TPSA) is 322 Å². The van der Waals surface area contributed by atoms with Gasteiger partial charge in [-0.25, -0.2) is 24.3 Å². The van der Waals surface area contributed by atoms with Crippen molar-refractivity contribution in [3.8, 4) is 5.75 Å². The van der Waals surface area contributed by atoms with Gasteiger partial charge in [0.1, 0.15) is 42.3 Å². The molecular weight excluding hydrogens is 1950 g/mol. The molecule has 0 aliphatic carbocycles. The average Bonchev–Trinajstić information content (AvgIpc) is 1.64. The van der Waals surface area contributed by atoms with E-state index in [1.54, 1.807) is 90.2 Å². The van der Waals surface area contributed by atoms with Gasteiger partial charge in [-0.3, -0.25) is 64.5 Å². The minimum atomic E-state index is -0.811. The van der Waals surface area contributed by atoms with E-state index < -0.39 is 24.2 Å². The fourth-order valence-electron chi connectivity index (χ4n) is 18.9. The van der Waals surface area contributed by atoms with E-state index in [4.69, 9.17) is 9.47 Å². The van der Waals surface area contributed by atoms with Crippen LogP contribution < -0.4 is 52.2 Å². The second-order valence-electron chi connectivity index (χ2n) is 35.9. The Balaban J connectivity index is 0.000000121. The quantitative estimate of drug-likeness (QED) is 0.0207. The number of ether oxygens (including phenoxy) is 2. The Labute approximate surface area is 875 Å². The van der Waals surface area contributed by atoms with Crippen molar-refractivity contribution in [3.63, 3.8) is 0 Å². The Morgan fingerprint density at radius 1 is 0.329 bits per heavy atom. The van der Waals surface area contributed by atoms with Crippen LogP contribution in [0.2, 0.25) is 0 Å². The number of morpholine rings is 1. The lowest BCUT2D eigenvalue weighted by molar-refractivity contribution is -0.121. The number of fused-ring (bicyclic) bond motifs is 4. The first-order chi connectivity index (χ1) is 73.0. The van der Waals surface area contributed by atoms with Gasteiger partial charge in [-0.05, 0) is 233 Å². The molecule has 0 saturated carbocycles. The number of aromatic nitrogens is 4. The summed E-state index contributed by atoms with van der Waals surface area (Å²) >= 11 is 5.35. The number of amides is 8. The lowest BCUT2D eigenvalue weighted by atomic mass is 10.0. The summed E-state index contributed by atoms with van der Waals surface area (Å²) in [4.78, 5) is 135. The fourth-order valence-corrected chi connectivity index (χ4v) is 21.0. The molecule has 0 spiro atoms. The number of carbonyl (C=O) groups is 8. The minimum Gasteiger partial charge on any atom is -0.489 e. The molecule has 28 nitrogen and oxygen atoms in total. The molecular formula is C116H101FN18O10S4. The molecule has 0 radical (unpaired) electrons. The van der Waals surface area contributed by atoms with Gasteiger partial charge in [0.15, 0.2) is 20.5 Å². The van der Waals surface area contributed by atoms with Crippen LogP contribution in [0.15, 0.2) is 368 Å². The Hall–Kier alpha value is -17.2. The number of carbonyl (C=O) groups excluding carboxylic acids is 8. The normalized spacial score (nSPS) is 14.5. The van der Waals surface area contributed by atoms with E-state index in [0.29, 0.717) is 80.3 Å². The van der Waals surface area contributed by atoms with Crippen molar-refractivity contribution in [2.24, 2.45) is 0 Å². The molecule has 6 aliphatic heterocycles. The number of thiazole rings is 4. The van der Waals surface area contributed by atoms with Crippen molar-refractivity contribution in [2.75, 3.05) is 86.8 Å². The maximum Gasteiger partial charge on any atom is 0.255 e. The number of likely N-dealkylation sites (tertiary alicyclic amines) is 1. The van der Waals surface area contributed by atoms with E-state index in [1.165, 1.54) is 94.7 Å². The fraction of sp³-hybridized carbons (Fsp3) is 0.155. The van der Waals surface area contributed by atoms with Crippen LogP contribution >= 0.6 is 45.3 Å². The van der Waals surface area contributed by atoms with E-state index >= 15 is 0 Å². The number of hydrogen-bond donors (Lipinski definition) is 8. The number of nitrogens with one attached hydrogen (secondary N) is 8. The molecule has 746 valence electrons. The maximum atomic E-state index is 13.5. The first-order valence-corrected chi connectivity index (χ1v) is 52.1. The summed E-state index contributed by atoms with van der Waals surface area (Å²) in [5, 5.41) is 34.1. The van der Waals surface area contributed by atoms with Crippen molar-refractivity contribution >= 4 is 164 Å². The van der Waals surface area contributed by atoms with E-state index in [-0.39, 0.29) is 59.6 Å². The van der Waals surface area contributed by atoms with Crippen LogP contribution in [-0.4, -0.2) is 131 Å². The van der Waals surface area contributed by atoms with Crippen molar-refractivity contribution in [1.82, 2.24) is 44.4 Å². The third-order valence-electron chi connectivity index (χ3n) is 26.0. The highest BCUT2D eigenvalue weighted by Crippen LogP contribution is 2.42. The number of benzene rings is 13. The summed E-state index contributed by atoms with van der Waals surface area (Å²) in [7, 11) is 0. The molecule has 4 aromatic heterocycles. The third-order valence-corrected chi connectivity index (χ3v) is 28.7. The van der Waals surface area contributed by atoms with Gasteiger partial charge in [-0.2, -0.15) is 0 Å². The second kappa shape index (κ2) is 46.9. The predicted molar refractivity (Wildman–Crippen MR) is 582 cm³/mol. The first kappa shape index (κ1) is 99.1. The van der Waals surface area contributed by atoms with Gasteiger partial charge < -0.3 is 55.2 Å². The summed E-state index contributed by atoms with van der Waals surface area (Å²) in [6.07, 6.45) is 9.09. The SMILES string of the molecule is O=C(Nc1nccs1)[C@@H](c1ccccc1)N1Cc2cc(Nc3ccc(N4CCOCC4)cc3)ccc2C1=O.O=C(Nc1nccs1)[C@@H](c1ccccc1)N1Cc2cc(Nc3ccc(OCc4ccccc4)cc3)ccc2C1=O.O=C(Nc1nccs1)[C@@H](c1ccccc1)N1Cc2cc(Nc3cccc(CN4CCCC4)c3)ccc2C1=O.O=C(Nc1nccs1)[C@@H](c1ccccc1)N1Cc2cc(Nc3cccc(F)c3)ccc2C1=O. The Morgan fingerprint density at radius 2 is 0.638 bits per heavy atom. The summed E-state index contributed by atoms with van der Waals surface area (Å²) < 4.78 is 24.9. The molecule has 149 heavy (non-hydrogen) atoms. The molecule has 6 aliphatic rings. The van der Waals surface area contributed by atoms with Crippen LogP contribution in [0.1, 0.15) is 134 Å². The van der Waals surface area contributed by atoms with E-state index in [9.17, 15) is 42.7 Å². The van der Waals surface area contributed by atoms with Crippen LogP contribution in [0.25, 0.3) is 0 Å². The Morgan fingerprint density at radius 3 is 0.980 bits per heavy atom. The predicted octanol–water partition coefficient (Wildman–Crippen LogP) is 23.0. The molecule has 17 aromatic rings. The molecule has 13 aromatic carbocycles. The molecule has 2 saturated heterocycles. The zero-order valence-electron chi connectivity index (χ0n) is 80.5. The van der Waals surface area contributed by atoms with Crippen molar-refractivity contribution in [3.05, 3.63) is 452 Å². The molecule has 4 atom stereocenters. The Bertz CT molecular complexity index is 7560. The standard InChI is InChI=1S/C32H26N4O3S.C30H29N5O2S.C29H27N5O3S.C25H19FN4O2S/c37-30(35-32-33-17-18-40-32)29(23-9-5-2-6-10-23)36-20-24-19-26(13-16-28(24)31(36)38)34-25-11-14-27(15-12-25)39-21-22-7-3-1-4-8-22;36-28(33-30-31-13-16-38-30)27(22-8-2-1-3-9-22)35-20-23-18-25(11-12-26(23)29(35)37)32-24-10-6-7-21(17-24)19-34-14-4-5-15-34;35-27(32-29-30-12-17-38-29)26(20-4-2-1-3-5-20)34-19-21-18-23(8-11-25(21)28(34)36)31-22-6-9-24(10-7-22)33-13-15-37-16-14-33;26-18-7-4-8-19(14-18)28-20-9-10-21-17(13-20)15-30(24(21)32)22(16-5-2-1-3-6-16)23(31)29-25-27-11-12-33-25/h1-19,29,34H,20-21H2,(H,33,35,37);1-3,6-13,16-18,27,32H,4-5,14-15,19-20H2,(H,31,33,36);1-12,17-18,26,31H,13-16,19H2,(H,30,32,35);1-14,22,28H,15H2,(H,27,29,31)/t29-;27-;26-;22-/m1111/s1. The molecule has 10 heterocycles. The summed E-state index contributed by atoms with van der Waals surface area (Å²) in [6.45, 7) is 8.39. The lowest BCUT2D eigenvalue weighted by Gasteiger charge is -2.29. The number of nitrogens with zero attached hydrogens (tertiary/aromatic N) is 10. The summed E-state index contributed by atoms with van der Waals surface area (Å²) in [5.74, 6) is -1.44. The van der Waals surface area contributed by atoms with Gasteiger partial charge in [0, 0.05) is 166 Å². The smallest absolute Gasteiger partial charge is 0.255 e. The van der Waals surface area contributed by atoms with Gasteiger partial charge in [-0.15, -0.1) is 45.3 Å². The molecule has 33 heteroatoms. The van der Waals surface area contributed by atoms with E-state index in [2.05, 4.69) is 121 Å². The van der Waals surface area contributed by atoms with Gasteiger partial charge in [-0.1, -0.05) is 170 Å². The molecule has 23 rings (SSSR count). The van der Waals surface area contributed by atoms with Crippen molar-refractivity contribution in [2.45, 2.75) is 76.3 Å². The number of anilines is 13.